The normalized spacial score (nSPS) is 10.4. The zero-order chi connectivity index (χ0) is 13.6. The highest BCUT2D eigenvalue weighted by molar-refractivity contribution is 7.80. The third kappa shape index (κ3) is 5.14. The van der Waals surface area contributed by atoms with Gasteiger partial charge in [0.25, 0.3) is 0 Å². The molecule has 2 aromatic rings. The second-order valence-corrected chi connectivity index (χ2v) is 3.98. The summed E-state index contributed by atoms with van der Waals surface area (Å²) in [5.41, 5.74) is 4.57. The first-order valence-electron chi connectivity index (χ1n) is 5.06. The van der Waals surface area contributed by atoms with Crippen molar-refractivity contribution in [1.82, 2.24) is 0 Å². The van der Waals surface area contributed by atoms with E-state index in [9.17, 15) is 13.2 Å². The second kappa shape index (κ2) is 6.35. The molecule has 0 aromatic heterocycles. The van der Waals surface area contributed by atoms with Gasteiger partial charge in [0, 0.05) is 10.6 Å². The summed E-state index contributed by atoms with van der Waals surface area (Å²) in [5, 5.41) is 0. The molecule has 0 aliphatic carbocycles. The third-order valence-corrected chi connectivity index (χ3v) is 2.27. The van der Waals surface area contributed by atoms with Gasteiger partial charge in [-0.3, -0.25) is 0 Å². The number of hydrogen-bond acceptors (Lipinski definition) is 2. The zero-order valence-corrected chi connectivity index (χ0v) is 10.2. The van der Waals surface area contributed by atoms with Crippen molar-refractivity contribution in [3.05, 3.63) is 60.2 Å². The van der Waals surface area contributed by atoms with Crippen molar-refractivity contribution in [2.45, 2.75) is 11.1 Å². The van der Waals surface area contributed by atoms with Crippen LogP contribution in [0.3, 0.4) is 0 Å². The highest BCUT2D eigenvalue weighted by Crippen LogP contribution is 2.29. The van der Waals surface area contributed by atoms with Gasteiger partial charge < -0.3 is 5.73 Å². The van der Waals surface area contributed by atoms with Gasteiger partial charge >= 0.3 is 6.18 Å². The number of hydrogen-bond donors (Lipinski definition) is 2. The van der Waals surface area contributed by atoms with Gasteiger partial charge in [-0.25, -0.2) is 0 Å². The number of nitrogen functional groups attached to an aromatic ring is 1. The molecular weight excluding hydrogens is 259 g/mol. The van der Waals surface area contributed by atoms with Crippen LogP contribution >= 0.6 is 12.6 Å². The highest BCUT2D eigenvalue weighted by Gasteiger charge is 2.30. The fourth-order valence-corrected chi connectivity index (χ4v) is 1.32. The van der Waals surface area contributed by atoms with Gasteiger partial charge in [-0.05, 0) is 30.3 Å². The molecule has 18 heavy (non-hydrogen) atoms. The highest BCUT2D eigenvalue weighted by atomic mass is 32.1. The summed E-state index contributed by atoms with van der Waals surface area (Å²) in [4.78, 5) is 1.02. The standard InChI is InChI=1S/C7H6F3N.C6H6S/c8-7(9,10)5-2-1-3-6(11)4-5;7-6-4-2-1-3-5-6/h1-4H,11H2;1-5,7H. The Morgan fingerprint density at radius 2 is 1.50 bits per heavy atom. The first-order chi connectivity index (χ1) is 8.39. The Kier molecular flexibility index (Phi) is 5.09. The van der Waals surface area contributed by atoms with Gasteiger partial charge in [0.2, 0.25) is 0 Å². The summed E-state index contributed by atoms with van der Waals surface area (Å²) in [6.45, 7) is 0. The Morgan fingerprint density at radius 1 is 0.889 bits per heavy atom. The molecule has 0 aliphatic rings. The summed E-state index contributed by atoms with van der Waals surface area (Å²) >= 11 is 4.08. The van der Waals surface area contributed by atoms with E-state index in [-0.39, 0.29) is 5.69 Å². The molecule has 0 saturated heterocycles. The fraction of sp³-hybridized carbons (Fsp3) is 0.0769. The van der Waals surface area contributed by atoms with Crippen molar-refractivity contribution in [3.63, 3.8) is 0 Å². The van der Waals surface area contributed by atoms with Crippen LogP contribution in [-0.2, 0) is 6.18 Å². The zero-order valence-electron chi connectivity index (χ0n) is 9.35. The maximum atomic E-state index is 11.9. The molecule has 0 amide bonds. The van der Waals surface area contributed by atoms with Gasteiger partial charge in [0.1, 0.15) is 0 Å². The largest absolute Gasteiger partial charge is 0.416 e. The van der Waals surface area contributed by atoms with Crippen molar-refractivity contribution < 1.29 is 13.2 Å². The first kappa shape index (κ1) is 14.4. The van der Waals surface area contributed by atoms with Crippen molar-refractivity contribution >= 4 is 18.3 Å². The van der Waals surface area contributed by atoms with Crippen LogP contribution in [0.4, 0.5) is 18.9 Å². The molecule has 0 heterocycles. The minimum absolute atomic E-state index is 0.125. The third-order valence-electron chi connectivity index (χ3n) is 1.97. The molecule has 0 saturated carbocycles. The van der Waals surface area contributed by atoms with E-state index in [0.717, 1.165) is 17.0 Å². The average molecular weight is 271 g/mol. The smallest absolute Gasteiger partial charge is 0.399 e. The van der Waals surface area contributed by atoms with E-state index in [4.69, 9.17) is 5.73 Å². The minimum Gasteiger partial charge on any atom is -0.399 e. The molecule has 2 N–H and O–H groups in total. The van der Waals surface area contributed by atoms with E-state index in [2.05, 4.69) is 12.6 Å². The molecule has 0 fully saturated rings. The van der Waals surface area contributed by atoms with Gasteiger partial charge in [0.15, 0.2) is 0 Å². The lowest BCUT2D eigenvalue weighted by Gasteiger charge is -2.05. The van der Waals surface area contributed by atoms with Crippen LogP contribution in [0.2, 0.25) is 0 Å². The molecule has 1 nitrogen and oxygen atoms in total. The monoisotopic (exact) mass is 271 g/mol. The number of halogens is 3. The van der Waals surface area contributed by atoms with Crippen LogP contribution in [0.15, 0.2) is 59.5 Å². The van der Waals surface area contributed by atoms with Gasteiger partial charge in [-0.2, -0.15) is 13.2 Å². The minimum atomic E-state index is -4.30. The Morgan fingerprint density at radius 3 is 1.83 bits per heavy atom. The van der Waals surface area contributed by atoms with Crippen LogP contribution in [-0.4, -0.2) is 0 Å². The van der Waals surface area contributed by atoms with Crippen LogP contribution in [0.25, 0.3) is 0 Å². The van der Waals surface area contributed by atoms with E-state index in [1.54, 1.807) is 0 Å². The van der Waals surface area contributed by atoms with E-state index in [0.29, 0.717) is 0 Å². The van der Waals surface area contributed by atoms with Gasteiger partial charge in [-0.1, -0.05) is 24.3 Å². The predicted octanol–water partition coefficient (Wildman–Crippen LogP) is 4.26. The number of alkyl halides is 3. The lowest BCUT2D eigenvalue weighted by molar-refractivity contribution is -0.137. The lowest BCUT2D eigenvalue weighted by Crippen LogP contribution is -2.04. The predicted molar refractivity (Wildman–Crippen MR) is 69.6 cm³/mol. The van der Waals surface area contributed by atoms with Crippen LogP contribution in [0.1, 0.15) is 5.56 Å². The summed E-state index contributed by atoms with van der Waals surface area (Å²) < 4.78 is 35.7. The molecule has 2 aromatic carbocycles. The number of anilines is 1. The van der Waals surface area contributed by atoms with Crippen molar-refractivity contribution in [2.24, 2.45) is 0 Å². The number of rotatable bonds is 0. The molecule has 0 unspecified atom stereocenters. The molecule has 0 bridgehead atoms. The molecule has 2 rings (SSSR count). The van der Waals surface area contributed by atoms with E-state index >= 15 is 0 Å². The van der Waals surface area contributed by atoms with E-state index in [1.807, 2.05) is 30.3 Å². The van der Waals surface area contributed by atoms with Crippen molar-refractivity contribution in [2.75, 3.05) is 5.73 Å². The van der Waals surface area contributed by atoms with Crippen LogP contribution in [0, 0.1) is 0 Å². The molecule has 96 valence electrons. The molecular formula is C13H12F3NS. The maximum Gasteiger partial charge on any atom is 0.416 e. The molecule has 5 heteroatoms. The Labute approximate surface area is 109 Å². The topological polar surface area (TPSA) is 26.0 Å². The fourth-order valence-electron chi connectivity index (χ4n) is 1.14. The summed E-state index contributed by atoms with van der Waals surface area (Å²) in [5.74, 6) is 0. The Balaban J connectivity index is 0.000000199. The Bertz CT molecular complexity index is 483. The van der Waals surface area contributed by atoms with Crippen molar-refractivity contribution in [1.29, 1.82) is 0 Å². The number of benzene rings is 2. The molecule has 0 spiro atoms. The second-order valence-electron chi connectivity index (χ2n) is 3.46. The van der Waals surface area contributed by atoms with Crippen LogP contribution < -0.4 is 5.73 Å². The molecule has 0 radical (unpaired) electrons. The van der Waals surface area contributed by atoms with Crippen molar-refractivity contribution in [3.8, 4) is 0 Å². The lowest BCUT2D eigenvalue weighted by atomic mass is 10.2. The van der Waals surface area contributed by atoms with Gasteiger partial charge in [-0.15, -0.1) is 12.6 Å². The average Bonchev–Trinajstić information content (AvgIpc) is 2.30. The maximum absolute atomic E-state index is 11.9. The summed E-state index contributed by atoms with van der Waals surface area (Å²) in [6.07, 6.45) is -4.30. The molecule has 0 aliphatic heterocycles. The van der Waals surface area contributed by atoms with E-state index in [1.165, 1.54) is 12.1 Å². The number of nitrogens with two attached hydrogens (primary N) is 1. The summed E-state index contributed by atoms with van der Waals surface area (Å²) in [6, 6.07) is 14.4. The first-order valence-corrected chi connectivity index (χ1v) is 5.51. The Hall–Kier alpha value is -1.62. The molecule has 0 atom stereocenters. The summed E-state index contributed by atoms with van der Waals surface area (Å²) in [7, 11) is 0. The van der Waals surface area contributed by atoms with E-state index < -0.39 is 11.7 Å². The number of thiol groups is 1. The van der Waals surface area contributed by atoms with Crippen LogP contribution in [0.5, 0.6) is 0 Å². The quantitative estimate of drug-likeness (QED) is 0.543. The van der Waals surface area contributed by atoms with Gasteiger partial charge in [0.05, 0.1) is 5.56 Å². The SMILES string of the molecule is Nc1cccc(C(F)(F)F)c1.Sc1ccccc1.